The van der Waals surface area contributed by atoms with E-state index in [-0.39, 0.29) is 48.3 Å². The molecular formula is C19H21N3O7. The van der Waals surface area contributed by atoms with Crippen LogP contribution in [0.15, 0.2) is 18.2 Å². The molecule has 10 heteroatoms. The quantitative estimate of drug-likeness (QED) is 0.304. The SMILES string of the molecule is COC(=O)C1CCCN(C(=O)CCCN2C(=O)c3cccc([N+](=O)[O-])c3C2=O)C1. The summed E-state index contributed by atoms with van der Waals surface area (Å²) in [5.74, 6) is -2.15. The summed E-state index contributed by atoms with van der Waals surface area (Å²) in [4.78, 5) is 62.1. The molecule has 0 aliphatic carbocycles. The number of likely N-dealkylation sites (tertiary alicyclic amines) is 1. The first-order chi connectivity index (χ1) is 13.8. The highest BCUT2D eigenvalue weighted by Crippen LogP contribution is 2.30. The Bertz CT molecular complexity index is 883. The highest BCUT2D eigenvalue weighted by Gasteiger charge is 2.40. The standard InChI is InChI=1S/C19H21N3O7/c1-29-19(26)12-5-3-9-20(11-12)15(23)8-4-10-21-17(24)13-6-2-7-14(22(27)28)16(13)18(21)25/h2,6-7,12H,3-5,8-11H2,1H3. The molecule has 2 aliphatic rings. The molecule has 10 nitrogen and oxygen atoms in total. The predicted octanol–water partition coefficient (Wildman–Crippen LogP) is 1.38. The lowest BCUT2D eigenvalue weighted by Crippen LogP contribution is -2.42. The number of carbonyl (C=O) groups is 4. The smallest absolute Gasteiger partial charge is 0.310 e. The van der Waals surface area contributed by atoms with Gasteiger partial charge in [-0.1, -0.05) is 6.07 Å². The summed E-state index contributed by atoms with van der Waals surface area (Å²) in [6, 6.07) is 3.93. The molecule has 0 bridgehead atoms. The second-order valence-electron chi connectivity index (χ2n) is 7.02. The number of hydrogen-bond donors (Lipinski definition) is 0. The van der Waals surface area contributed by atoms with Crippen molar-refractivity contribution >= 4 is 29.4 Å². The average molecular weight is 403 g/mol. The molecule has 0 N–H and O–H groups in total. The van der Waals surface area contributed by atoms with Crippen LogP contribution in [0.2, 0.25) is 0 Å². The molecule has 154 valence electrons. The van der Waals surface area contributed by atoms with Gasteiger partial charge in [0.25, 0.3) is 17.5 Å². The molecule has 3 rings (SSSR count). The highest BCUT2D eigenvalue weighted by molar-refractivity contribution is 6.23. The summed E-state index contributed by atoms with van der Waals surface area (Å²) in [5, 5.41) is 11.1. The number of fused-ring (bicyclic) bond motifs is 1. The maximum atomic E-state index is 12.5. The molecule has 3 amide bonds. The lowest BCUT2D eigenvalue weighted by atomic mass is 9.98. The molecule has 1 aromatic rings. The van der Waals surface area contributed by atoms with Gasteiger partial charge in [0.15, 0.2) is 0 Å². The molecule has 1 fully saturated rings. The van der Waals surface area contributed by atoms with E-state index in [1.165, 1.54) is 25.3 Å². The lowest BCUT2D eigenvalue weighted by molar-refractivity contribution is -0.385. The van der Waals surface area contributed by atoms with E-state index in [0.29, 0.717) is 25.9 Å². The summed E-state index contributed by atoms with van der Waals surface area (Å²) >= 11 is 0. The topological polar surface area (TPSA) is 127 Å². The minimum Gasteiger partial charge on any atom is -0.469 e. The van der Waals surface area contributed by atoms with Crippen molar-refractivity contribution in [3.63, 3.8) is 0 Å². The molecule has 1 atom stereocenters. The van der Waals surface area contributed by atoms with Gasteiger partial charge in [0.2, 0.25) is 5.91 Å². The third kappa shape index (κ3) is 3.96. The van der Waals surface area contributed by atoms with Crippen LogP contribution in [0.4, 0.5) is 5.69 Å². The van der Waals surface area contributed by atoms with Crippen LogP contribution in [0, 0.1) is 16.0 Å². The van der Waals surface area contributed by atoms with Gasteiger partial charge in [-0.3, -0.25) is 34.2 Å². The molecular weight excluding hydrogens is 382 g/mol. The number of carbonyl (C=O) groups excluding carboxylic acids is 4. The lowest BCUT2D eigenvalue weighted by Gasteiger charge is -2.31. The number of benzene rings is 1. The summed E-state index contributed by atoms with van der Waals surface area (Å²) in [6.45, 7) is 0.833. The normalized spacial score (nSPS) is 18.6. The second kappa shape index (κ2) is 8.38. The Hall–Kier alpha value is -3.30. The highest BCUT2D eigenvalue weighted by atomic mass is 16.6. The van der Waals surface area contributed by atoms with E-state index in [9.17, 15) is 29.3 Å². The maximum Gasteiger partial charge on any atom is 0.310 e. The van der Waals surface area contributed by atoms with Gasteiger partial charge in [-0.05, 0) is 25.3 Å². The number of methoxy groups -OCH3 is 1. The third-order valence-corrected chi connectivity index (χ3v) is 5.25. The molecule has 29 heavy (non-hydrogen) atoms. The van der Waals surface area contributed by atoms with Crippen LogP contribution in [0.25, 0.3) is 0 Å². The molecule has 2 aliphatic heterocycles. The largest absolute Gasteiger partial charge is 0.469 e. The van der Waals surface area contributed by atoms with Crippen molar-refractivity contribution in [3.05, 3.63) is 39.4 Å². The Morgan fingerprint density at radius 1 is 1.28 bits per heavy atom. The zero-order chi connectivity index (χ0) is 21.1. The van der Waals surface area contributed by atoms with Crippen LogP contribution in [-0.2, 0) is 14.3 Å². The van der Waals surface area contributed by atoms with Crippen molar-refractivity contribution in [2.24, 2.45) is 5.92 Å². The molecule has 1 aromatic carbocycles. The van der Waals surface area contributed by atoms with E-state index >= 15 is 0 Å². The van der Waals surface area contributed by atoms with Gasteiger partial charge in [0.1, 0.15) is 5.56 Å². The Kier molecular flexibility index (Phi) is 5.90. The molecule has 0 saturated carbocycles. The van der Waals surface area contributed by atoms with E-state index in [0.717, 1.165) is 4.90 Å². The number of esters is 1. The number of piperidine rings is 1. The van der Waals surface area contributed by atoms with E-state index in [2.05, 4.69) is 0 Å². The fraction of sp³-hybridized carbons (Fsp3) is 0.474. The summed E-state index contributed by atoms with van der Waals surface area (Å²) in [7, 11) is 1.32. The van der Waals surface area contributed by atoms with Crippen molar-refractivity contribution in [2.45, 2.75) is 25.7 Å². The summed E-state index contributed by atoms with van der Waals surface area (Å²) in [6.07, 6.45) is 1.71. The first-order valence-electron chi connectivity index (χ1n) is 9.34. The number of nitro groups is 1. The van der Waals surface area contributed by atoms with Crippen molar-refractivity contribution in [3.8, 4) is 0 Å². The first kappa shape index (κ1) is 20.4. The van der Waals surface area contributed by atoms with Crippen LogP contribution < -0.4 is 0 Å². The number of hydrogen-bond acceptors (Lipinski definition) is 7. The predicted molar refractivity (Wildman–Crippen MR) is 99.0 cm³/mol. The summed E-state index contributed by atoms with van der Waals surface area (Å²) < 4.78 is 4.74. The monoisotopic (exact) mass is 403 g/mol. The number of ether oxygens (including phenoxy) is 1. The van der Waals surface area contributed by atoms with Gasteiger partial charge in [0, 0.05) is 32.1 Å². The van der Waals surface area contributed by atoms with E-state index in [4.69, 9.17) is 4.74 Å². The molecule has 0 aromatic heterocycles. The van der Waals surface area contributed by atoms with Crippen LogP contribution in [0.3, 0.4) is 0 Å². The van der Waals surface area contributed by atoms with Crippen molar-refractivity contribution in [1.29, 1.82) is 0 Å². The molecule has 1 unspecified atom stereocenters. The number of nitrogens with zero attached hydrogens (tertiary/aromatic N) is 3. The molecule has 0 spiro atoms. The fourth-order valence-electron chi connectivity index (χ4n) is 3.78. The Labute approximate surface area is 166 Å². The number of rotatable bonds is 6. The van der Waals surface area contributed by atoms with Crippen LogP contribution in [-0.4, -0.2) is 65.2 Å². The van der Waals surface area contributed by atoms with Gasteiger partial charge in [0.05, 0.1) is 23.5 Å². The Morgan fingerprint density at radius 2 is 2.03 bits per heavy atom. The van der Waals surface area contributed by atoms with Gasteiger partial charge in [-0.2, -0.15) is 0 Å². The van der Waals surface area contributed by atoms with Crippen molar-refractivity contribution in [2.75, 3.05) is 26.7 Å². The Morgan fingerprint density at radius 3 is 2.72 bits per heavy atom. The maximum absolute atomic E-state index is 12.5. The minimum absolute atomic E-state index is 0.00692. The van der Waals surface area contributed by atoms with E-state index < -0.39 is 22.4 Å². The zero-order valence-electron chi connectivity index (χ0n) is 16.0. The van der Waals surface area contributed by atoms with Crippen LogP contribution >= 0.6 is 0 Å². The number of amides is 3. The van der Waals surface area contributed by atoms with Gasteiger partial charge < -0.3 is 9.64 Å². The van der Waals surface area contributed by atoms with Gasteiger partial charge >= 0.3 is 5.97 Å². The molecule has 2 heterocycles. The van der Waals surface area contributed by atoms with Gasteiger partial charge in [-0.15, -0.1) is 0 Å². The Balaban J connectivity index is 1.58. The van der Waals surface area contributed by atoms with Crippen molar-refractivity contribution < 1.29 is 28.8 Å². The minimum atomic E-state index is -0.714. The van der Waals surface area contributed by atoms with E-state index in [1.807, 2.05) is 0 Å². The molecule has 0 radical (unpaired) electrons. The number of imide groups is 1. The summed E-state index contributed by atoms with van der Waals surface area (Å²) in [5.41, 5.74) is -0.597. The van der Waals surface area contributed by atoms with Crippen LogP contribution in [0.1, 0.15) is 46.4 Å². The zero-order valence-corrected chi connectivity index (χ0v) is 16.0. The number of nitro benzene ring substituents is 1. The van der Waals surface area contributed by atoms with Gasteiger partial charge in [-0.25, -0.2) is 0 Å². The molecule has 1 saturated heterocycles. The van der Waals surface area contributed by atoms with Crippen LogP contribution in [0.5, 0.6) is 0 Å². The fourth-order valence-corrected chi connectivity index (χ4v) is 3.78. The first-order valence-corrected chi connectivity index (χ1v) is 9.34. The van der Waals surface area contributed by atoms with E-state index in [1.54, 1.807) is 4.90 Å². The third-order valence-electron chi connectivity index (χ3n) is 5.25. The second-order valence-corrected chi connectivity index (χ2v) is 7.02. The average Bonchev–Trinajstić information content (AvgIpc) is 2.97. The van der Waals surface area contributed by atoms with Crippen molar-refractivity contribution in [1.82, 2.24) is 9.80 Å².